The number of rotatable bonds is 5. The molecule has 1 N–H and O–H groups in total. The summed E-state index contributed by atoms with van der Waals surface area (Å²) in [6.07, 6.45) is 1.75. The van der Waals surface area contributed by atoms with Crippen molar-refractivity contribution in [1.82, 2.24) is 14.9 Å². The molecule has 5 nitrogen and oxygen atoms in total. The lowest BCUT2D eigenvalue weighted by Crippen LogP contribution is -2.05. The van der Waals surface area contributed by atoms with Crippen LogP contribution in [0, 0.1) is 18.6 Å². The minimum atomic E-state index is 0.112. The van der Waals surface area contributed by atoms with Crippen molar-refractivity contribution in [3.8, 4) is 5.75 Å². The van der Waals surface area contributed by atoms with Gasteiger partial charge in [0.05, 0.1) is 16.3 Å². The molecule has 0 bridgehead atoms. The van der Waals surface area contributed by atoms with E-state index in [0.29, 0.717) is 26.4 Å². The summed E-state index contributed by atoms with van der Waals surface area (Å²) < 4.78 is 7.60. The van der Waals surface area contributed by atoms with Crippen LogP contribution < -0.4 is 4.74 Å². The van der Waals surface area contributed by atoms with Crippen molar-refractivity contribution in [2.75, 3.05) is 0 Å². The van der Waals surface area contributed by atoms with E-state index in [-0.39, 0.29) is 6.61 Å². The standard InChI is InChI=1S/C18H16Cl2N4OS/c1-11-6-7-12(2)13(8-11)9-21-24-16(22-23-18(24)26)10-25-17-14(19)4-3-5-15(17)20/h3-9H,10H2,1-2H3,(H,23,26)/b21-9-. The van der Waals surface area contributed by atoms with E-state index in [1.807, 2.05) is 13.8 Å². The summed E-state index contributed by atoms with van der Waals surface area (Å²) in [5.74, 6) is 0.905. The van der Waals surface area contributed by atoms with Crippen LogP contribution in [0.2, 0.25) is 10.0 Å². The maximum Gasteiger partial charge on any atom is 0.216 e. The summed E-state index contributed by atoms with van der Waals surface area (Å²) in [4.78, 5) is 0. The molecule has 0 radical (unpaired) electrons. The van der Waals surface area contributed by atoms with Crippen molar-refractivity contribution in [2.45, 2.75) is 20.5 Å². The van der Waals surface area contributed by atoms with Crippen molar-refractivity contribution < 1.29 is 4.74 Å². The Labute approximate surface area is 166 Å². The van der Waals surface area contributed by atoms with Crippen LogP contribution >= 0.6 is 35.4 Å². The number of hydrogen-bond donors (Lipinski definition) is 1. The Morgan fingerprint density at radius 2 is 1.96 bits per heavy atom. The molecule has 0 saturated heterocycles. The van der Waals surface area contributed by atoms with Crippen molar-refractivity contribution >= 4 is 41.6 Å². The molecule has 134 valence electrons. The molecule has 8 heteroatoms. The van der Waals surface area contributed by atoms with E-state index in [2.05, 4.69) is 33.5 Å². The maximum atomic E-state index is 6.12. The lowest BCUT2D eigenvalue weighted by molar-refractivity contribution is 0.291. The van der Waals surface area contributed by atoms with Gasteiger partial charge in [0.1, 0.15) is 6.61 Å². The number of nitrogens with one attached hydrogen (secondary N) is 1. The first-order chi connectivity index (χ1) is 12.5. The average molecular weight is 407 g/mol. The number of nitrogens with zero attached hydrogens (tertiary/aromatic N) is 3. The third-order valence-corrected chi connectivity index (χ3v) is 4.59. The van der Waals surface area contributed by atoms with Crippen LogP contribution in [0.1, 0.15) is 22.5 Å². The molecule has 0 atom stereocenters. The minimum Gasteiger partial charge on any atom is -0.482 e. The van der Waals surface area contributed by atoms with E-state index in [1.165, 1.54) is 4.68 Å². The van der Waals surface area contributed by atoms with Gasteiger partial charge in [0.2, 0.25) is 4.77 Å². The molecule has 1 aromatic heterocycles. The minimum absolute atomic E-state index is 0.112. The largest absolute Gasteiger partial charge is 0.482 e. The Morgan fingerprint density at radius 1 is 1.23 bits per heavy atom. The summed E-state index contributed by atoms with van der Waals surface area (Å²) in [6.45, 7) is 4.17. The second-order valence-electron chi connectivity index (χ2n) is 5.70. The zero-order chi connectivity index (χ0) is 18.7. The summed E-state index contributed by atoms with van der Waals surface area (Å²) in [5, 5.41) is 12.2. The summed E-state index contributed by atoms with van der Waals surface area (Å²) in [6, 6.07) is 11.3. The predicted molar refractivity (Wildman–Crippen MR) is 107 cm³/mol. The predicted octanol–water partition coefficient (Wildman–Crippen LogP) is 5.33. The highest BCUT2D eigenvalue weighted by molar-refractivity contribution is 7.71. The fourth-order valence-corrected chi connectivity index (χ4v) is 3.02. The zero-order valence-corrected chi connectivity index (χ0v) is 16.5. The Hall–Kier alpha value is -2.15. The third-order valence-electron chi connectivity index (χ3n) is 3.73. The molecule has 0 saturated carbocycles. The number of ether oxygens (including phenoxy) is 1. The third kappa shape index (κ3) is 4.15. The molecule has 3 aromatic rings. The van der Waals surface area contributed by atoms with E-state index < -0.39 is 0 Å². The highest BCUT2D eigenvalue weighted by atomic mass is 35.5. The first-order valence-electron chi connectivity index (χ1n) is 7.80. The van der Waals surface area contributed by atoms with E-state index >= 15 is 0 Å². The van der Waals surface area contributed by atoms with Crippen LogP contribution in [0.3, 0.4) is 0 Å². The number of aromatic amines is 1. The highest BCUT2D eigenvalue weighted by Crippen LogP contribution is 2.32. The Kier molecular flexibility index (Phi) is 5.76. The van der Waals surface area contributed by atoms with Crippen LogP contribution in [-0.2, 0) is 6.61 Å². The van der Waals surface area contributed by atoms with Gasteiger partial charge in [-0.15, -0.1) is 0 Å². The molecule has 3 rings (SSSR count). The fraction of sp³-hybridized carbons (Fsp3) is 0.167. The number of hydrogen-bond acceptors (Lipinski definition) is 4. The molecule has 0 spiro atoms. The molecular formula is C18H16Cl2N4OS. The molecule has 0 unspecified atom stereocenters. The van der Waals surface area contributed by atoms with Gasteiger partial charge in [0.25, 0.3) is 0 Å². The van der Waals surface area contributed by atoms with Crippen molar-refractivity contribution in [3.05, 3.63) is 73.7 Å². The van der Waals surface area contributed by atoms with Crippen LogP contribution in [0.4, 0.5) is 0 Å². The number of aromatic nitrogens is 3. The van der Waals surface area contributed by atoms with E-state index in [9.17, 15) is 0 Å². The van der Waals surface area contributed by atoms with E-state index in [1.54, 1.807) is 24.4 Å². The molecule has 0 aliphatic carbocycles. The lowest BCUT2D eigenvalue weighted by Gasteiger charge is -2.09. The highest BCUT2D eigenvalue weighted by Gasteiger charge is 2.11. The Bertz CT molecular complexity index is 1010. The molecular weight excluding hydrogens is 391 g/mol. The second-order valence-corrected chi connectivity index (χ2v) is 6.90. The quantitative estimate of drug-likeness (QED) is 0.460. The van der Waals surface area contributed by atoms with Crippen molar-refractivity contribution in [2.24, 2.45) is 5.10 Å². The molecule has 2 aromatic carbocycles. The SMILES string of the molecule is Cc1ccc(C)c(/C=N\n2c(COc3c(Cl)cccc3Cl)n[nH]c2=S)c1. The topological polar surface area (TPSA) is 55.2 Å². The fourth-order valence-electron chi connectivity index (χ4n) is 2.31. The molecule has 26 heavy (non-hydrogen) atoms. The second kappa shape index (κ2) is 8.03. The van der Waals surface area contributed by atoms with Gasteiger partial charge < -0.3 is 4.74 Å². The summed E-state index contributed by atoms with van der Waals surface area (Å²) in [7, 11) is 0. The molecule has 0 aliphatic rings. The summed E-state index contributed by atoms with van der Waals surface area (Å²) in [5.41, 5.74) is 3.29. The monoisotopic (exact) mass is 406 g/mol. The van der Waals surface area contributed by atoms with Gasteiger partial charge in [0, 0.05) is 0 Å². The van der Waals surface area contributed by atoms with Crippen LogP contribution in [0.5, 0.6) is 5.75 Å². The number of para-hydroxylation sites is 1. The average Bonchev–Trinajstić information content (AvgIpc) is 2.95. The Balaban J connectivity index is 1.84. The summed E-state index contributed by atoms with van der Waals surface area (Å²) >= 11 is 17.5. The first-order valence-corrected chi connectivity index (χ1v) is 8.97. The van der Waals surface area contributed by atoms with Gasteiger partial charge in [-0.25, -0.2) is 5.10 Å². The number of halogens is 2. The van der Waals surface area contributed by atoms with Gasteiger partial charge in [-0.05, 0) is 49.3 Å². The molecule has 0 fully saturated rings. The molecule has 1 heterocycles. The van der Waals surface area contributed by atoms with E-state index in [4.69, 9.17) is 40.2 Å². The van der Waals surface area contributed by atoms with E-state index in [0.717, 1.165) is 16.7 Å². The zero-order valence-electron chi connectivity index (χ0n) is 14.2. The van der Waals surface area contributed by atoms with Gasteiger partial charge in [-0.2, -0.15) is 14.9 Å². The maximum absolute atomic E-state index is 6.12. The number of H-pyrrole nitrogens is 1. The smallest absolute Gasteiger partial charge is 0.216 e. The van der Waals surface area contributed by atoms with Crippen LogP contribution in [-0.4, -0.2) is 21.1 Å². The molecule has 0 aliphatic heterocycles. The first kappa shape index (κ1) is 18.6. The molecule has 0 amide bonds. The van der Waals surface area contributed by atoms with Crippen molar-refractivity contribution in [1.29, 1.82) is 0 Å². The normalized spacial score (nSPS) is 11.2. The number of benzene rings is 2. The van der Waals surface area contributed by atoms with Crippen LogP contribution in [0.15, 0.2) is 41.5 Å². The van der Waals surface area contributed by atoms with Gasteiger partial charge >= 0.3 is 0 Å². The number of aryl methyl sites for hydroxylation is 2. The Morgan fingerprint density at radius 3 is 2.69 bits per heavy atom. The van der Waals surface area contributed by atoms with Crippen LogP contribution in [0.25, 0.3) is 0 Å². The van der Waals surface area contributed by atoms with Crippen molar-refractivity contribution in [3.63, 3.8) is 0 Å². The van der Waals surface area contributed by atoms with Gasteiger partial charge in [0.15, 0.2) is 11.6 Å². The lowest BCUT2D eigenvalue weighted by atomic mass is 10.1. The van der Waals surface area contributed by atoms with Gasteiger partial charge in [-0.3, -0.25) is 0 Å². The van der Waals surface area contributed by atoms with Gasteiger partial charge in [-0.1, -0.05) is 53.0 Å².